The van der Waals surface area contributed by atoms with Gasteiger partial charge < -0.3 is 5.11 Å². The molecule has 0 saturated heterocycles. The zero-order valence-electron chi connectivity index (χ0n) is 11.2. The number of nitriles is 2. The molecule has 1 aromatic rings. The molecule has 10 heteroatoms. The molecule has 21 heavy (non-hydrogen) atoms. The highest BCUT2D eigenvalue weighted by atomic mass is 32.2. The molecule has 0 aliphatic carbocycles. The zero-order chi connectivity index (χ0) is 16.0. The molecule has 0 unspecified atom stereocenters. The van der Waals surface area contributed by atoms with Gasteiger partial charge in [-0.1, -0.05) is 0 Å². The fourth-order valence-electron chi connectivity index (χ4n) is 1.67. The summed E-state index contributed by atoms with van der Waals surface area (Å²) in [4.78, 5) is 11.2. The van der Waals surface area contributed by atoms with Gasteiger partial charge in [-0.15, -0.1) is 0 Å². The summed E-state index contributed by atoms with van der Waals surface area (Å²) in [5.41, 5.74) is -0.324. The Morgan fingerprint density at radius 1 is 1.33 bits per heavy atom. The zero-order valence-corrected chi connectivity index (χ0v) is 12.0. The van der Waals surface area contributed by atoms with Crippen molar-refractivity contribution in [2.45, 2.75) is 24.8 Å². The number of nitrogens with zero attached hydrogens (tertiary/aromatic N) is 4. The minimum atomic E-state index is -4.19. The quantitative estimate of drug-likeness (QED) is 0.731. The van der Waals surface area contributed by atoms with E-state index in [9.17, 15) is 13.2 Å². The predicted octanol–water partition coefficient (Wildman–Crippen LogP) is 0.234. The first-order valence-corrected chi connectivity index (χ1v) is 7.32. The second-order valence-electron chi connectivity index (χ2n) is 4.05. The lowest BCUT2D eigenvalue weighted by molar-refractivity contribution is 0.0691. The Kier molecular flexibility index (Phi) is 5.41. The summed E-state index contributed by atoms with van der Waals surface area (Å²) in [6.07, 6.45) is -0.146. The van der Waals surface area contributed by atoms with Gasteiger partial charge in [0.05, 0.1) is 12.1 Å². The third kappa shape index (κ3) is 3.56. The van der Waals surface area contributed by atoms with Crippen LogP contribution in [0.3, 0.4) is 0 Å². The van der Waals surface area contributed by atoms with E-state index in [0.29, 0.717) is 0 Å². The van der Waals surface area contributed by atoms with E-state index in [1.54, 1.807) is 0 Å². The summed E-state index contributed by atoms with van der Waals surface area (Å²) in [7, 11) is -4.19. The highest BCUT2D eigenvalue weighted by Crippen LogP contribution is 2.21. The normalized spacial score (nSPS) is 11.0. The molecule has 1 aromatic heterocycles. The van der Waals surface area contributed by atoms with Crippen LogP contribution in [0, 0.1) is 29.6 Å². The number of aromatic amines is 1. The van der Waals surface area contributed by atoms with Crippen molar-refractivity contribution >= 4 is 16.0 Å². The van der Waals surface area contributed by atoms with Crippen LogP contribution in [0.4, 0.5) is 0 Å². The fourth-order valence-corrected chi connectivity index (χ4v) is 3.24. The number of aromatic nitrogens is 2. The van der Waals surface area contributed by atoms with Gasteiger partial charge in [0, 0.05) is 31.6 Å². The third-order valence-corrected chi connectivity index (χ3v) is 4.49. The van der Waals surface area contributed by atoms with E-state index in [1.807, 2.05) is 12.1 Å². The molecule has 1 heterocycles. The van der Waals surface area contributed by atoms with E-state index in [0.717, 1.165) is 4.31 Å². The smallest absolute Gasteiger partial charge is 0.340 e. The monoisotopic (exact) mass is 311 g/mol. The van der Waals surface area contributed by atoms with Crippen LogP contribution in [-0.4, -0.2) is 47.1 Å². The SMILES string of the molecule is Cc1[nH]nc(S(=O)(=O)N(CCC#N)CCC#N)c1C(=O)O. The van der Waals surface area contributed by atoms with Crippen molar-refractivity contribution in [3.8, 4) is 12.1 Å². The summed E-state index contributed by atoms with van der Waals surface area (Å²) in [5, 5.41) is 31.5. The van der Waals surface area contributed by atoms with Gasteiger partial charge >= 0.3 is 5.97 Å². The Morgan fingerprint density at radius 3 is 2.29 bits per heavy atom. The highest BCUT2D eigenvalue weighted by Gasteiger charge is 2.32. The lowest BCUT2D eigenvalue weighted by Gasteiger charge is -2.18. The average molecular weight is 311 g/mol. The summed E-state index contributed by atoms with van der Waals surface area (Å²) in [6, 6.07) is 3.61. The number of rotatable bonds is 7. The maximum Gasteiger partial charge on any atom is 0.340 e. The second kappa shape index (κ2) is 6.83. The summed E-state index contributed by atoms with van der Waals surface area (Å²) in [6.45, 7) is 1.13. The number of nitrogens with one attached hydrogen (secondary N) is 1. The van der Waals surface area contributed by atoms with Crippen LogP contribution >= 0.6 is 0 Å². The maximum absolute atomic E-state index is 12.4. The number of hydrogen-bond acceptors (Lipinski definition) is 6. The van der Waals surface area contributed by atoms with Gasteiger partial charge in [0.15, 0.2) is 0 Å². The summed E-state index contributed by atoms with van der Waals surface area (Å²) < 4.78 is 25.8. The van der Waals surface area contributed by atoms with Crippen LogP contribution in [0.1, 0.15) is 28.9 Å². The van der Waals surface area contributed by atoms with E-state index in [1.165, 1.54) is 6.92 Å². The Labute approximate surface area is 121 Å². The maximum atomic E-state index is 12.4. The molecule has 0 bridgehead atoms. The van der Waals surface area contributed by atoms with Crippen molar-refractivity contribution in [1.29, 1.82) is 10.5 Å². The largest absolute Gasteiger partial charge is 0.478 e. The molecule has 1 rings (SSSR count). The van der Waals surface area contributed by atoms with Gasteiger partial charge in [-0.25, -0.2) is 13.2 Å². The van der Waals surface area contributed by atoms with Crippen molar-refractivity contribution in [3.05, 3.63) is 11.3 Å². The lowest BCUT2D eigenvalue weighted by Crippen LogP contribution is -2.34. The Bertz CT molecular complexity index is 692. The van der Waals surface area contributed by atoms with Crippen LogP contribution in [0.15, 0.2) is 5.03 Å². The van der Waals surface area contributed by atoms with Gasteiger partial charge in [-0.05, 0) is 6.92 Å². The van der Waals surface area contributed by atoms with E-state index < -0.39 is 26.6 Å². The van der Waals surface area contributed by atoms with Gasteiger partial charge in [-0.3, -0.25) is 5.10 Å². The topological polar surface area (TPSA) is 151 Å². The molecule has 112 valence electrons. The van der Waals surface area contributed by atoms with Crippen LogP contribution < -0.4 is 0 Å². The first-order chi connectivity index (χ1) is 9.86. The van der Waals surface area contributed by atoms with Gasteiger partial charge in [0.1, 0.15) is 5.56 Å². The molecule has 0 saturated carbocycles. The first kappa shape index (κ1) is 16.6. The number of aryl methyl sites for hydroxylation is 1. The number of hydrogen-bond donors (Lipinski definition) is 2. The second-order valence-corrected chi connectivity index (χ2v) is 5.91. The van der Waals surface area contributed by atoms with Crippen molar-refractivity contribution in [2.75, 3.05) is 13.1 Å². The molecule has 0 aliphatic heterocycles. The molecule has 0 atom stereocenters. The summed E-state index contributed by atoms with van der Waals surface area (Å²) in [5.74, 6) is -1.42. The van der Waals surface area contributed by atoms with Crippen molar-refractivity contribution in [3.63, 3.8) is 0 Å². The number of sulfonamides is 1. The van der Waals surface area contributed by atoms with Crippen LogP contribution in [0.5, 0.6) is 0 Å². The number of carbonyl (C=O) groups is 1. The molecule has 0 amide bonds. The molecule has 9 nitrogen and oxygen atoms in total. The number of carboxylic acids is 1. The molecule has 0 aliphatic rings. The molecule has 0 spiro atoms. The number of aromatic carboxylic acids is 1. The third-order valence-electron chi connectivity index (χ3n) is 2.66. The molecule has 0 radical (unpaired) electrons. The highest BCUT2D eigenvalue weighted by molar-refractivity contribution is 7.89. The van der Waals surface area contributed by atoms with Crippen molar-refractivity contribution < 1.29 is 18.3 Å². The van der Waals surface area contributed by atoms with Gasteiger partial charge in [0.25, 0.3) is 10.0 Å². The Hall–Kier alpha value is -2.43. The Morgan fingerprint density at radius 2 is 1.86 bits per heavy atom. The number of carboxylic acid groups (broad SMARTS) is 1. The standard InChI is InChI=1S/C11H13N5O4S/c1-8-9(11(17)18)10(15-14-8)21(19,20)16(6-2-4-12)7-3-5-13/h2-3,6-7H2,1H3,(H,14,15)(H,17,18). The van der Waals surface area contributed by atoms with E-state index in [-0.39, 0.29) is 31.6 Å². The first-order valence-electron chi connectivity index (χ1n) is 5.88. The molecule has 0 fully saturated rings. The summed E-state index contributed by atoms with van der Waals surface area (Å²) >= 11 is 0. The van der Waals surface area contributed by atoms with Crippen molar-refractivity contribution in [2.24, 2.45) is 0 Å². The van der Waals surface area contributed by atoms with Crippen LogP contribution in [-0.2, 0) is 10.0 Å². The number of H-pyrrole nitrogens is 1. The van der Waals surface area contributed by atoms with E-state index in [2.05, 4.69) is 10.2 Å². The predicted molar refractivity (Wildman–Crippen MR) is 69.5 cm³/mol. The molecule has 0 aromatic carbocycles. The van der Waals surface area contributed by atoms with E-state index in [4.69, 9.17) is 15.6 Å². The molecule has 2 N–H and O–H groups in total. The minimum Gasteiger partial charge on any atom is -0.478 e. The van der Waals surface area contributed by atoms with Gasteiger partial charge in [0.2, 0.25) is 5.03 Å². The van der Waals surface area contributed by atoms with Gasteiger partial charge in [-0.2, -0.15) is 19.9 Å². The van der Waals surface area contributed by atoms with Crippen LogP contribution in [0.25, 0.3) is 0 Å². The van der Waals surface area contributed by atoms with E-state index >= 15 is 0 Å². The average Bonchev–Trinajstić information content (AvgIpc) is 2.81. The van der Waals surface area contributed by atoms with Crippen molar-refractivity contribution in [1.82, 2.24) is 14.5 Å². The minimum absolute atomic E-state index is 0.0729. The lowest BCUT2D eigenvalue weighted by atomic mass is 10.3. The Balaban J connectivity index is 3.26. The fraction of sp³-hybridized carbons (Fsp3) is 0.455. The molecular formula is C11H13N5O4S. The van der Waals surface area contributed by atoms with Crippen LogP contribution in [0.2, 0.25) is 0 Å². The molecular weight excluding hydrogens is 298 g/mol.